The Labute approximate surface area is 238 Å². The number of nitrogens with one attached hydrogen (secondary N) is 2. The van der Waals surface area contributed by atoms with Gasteiger partial charge in [-0.1, -0.05) is 50.5 Å². The molecule has 1 atom stereocenters. The zero-order chi connectivity index (χ0) is 29.5. The molecule has 1 aromatic carbocycles. The van der Waals surface area contributed by atoms with Crippen molar-refractivity contribution in [3.05, 3.63) is 41.2 Å². The first-order valence-electron chi connectivity index (χ1n) is 13.4. The van der Waals surface area contributed by atoms with Crippen LogP contribution in [-0.4, -0.2) is 53.6 Å². The van der Waals surface area contributed by atoms with Gasteiger partial charge in [-0.2, -0.15) is 17.9 Å². The minimum absolute atomic E-state index is 0.151. The molecule has 0 radical (unpaired) electrons. The Hall–Kier alpha value is -3.10. The van der Waals surface area contributed by atoms with Crippen molar-refractivity contribution in [2.24, 2.45) is 11.8 Å². The Balaban J connectivity index is 1.51. The molecule has 0 spiro atoms. The molecule has 14 heteroatoms. The van der Waals surface area contributed by atoms with Crippen molar-refractivity contribution >= 4 is 44.0 Å². The highest BCUT2D eigenvalue weighted by molar-refractivity contribution is 7.89. The van der Waals surface area contributed by atoms with E-state index < -0.39 is 51.5 Å². The van der Waals surface area contributed by atoms with E-state index in [9.17, 15) is 31.2 Å². The van der Waals surface area contributed by atoms with E-state index in [4.69, 9.17) is 5.11 Å². The van der Waals surface area contributed by atoms with Crippen molar-refractivity contribution in [2.75, 3.05) is 0 Å². The molecular formula is C27H29F3N4O5S2. The molecule has 2 fully saturated rings. The predicted molar refractivity (Wildman–Crippen MR) is 146 cm³/mol. The zero-order valence-electron chi connectivity index (χ0n) is 22.1. The molecule has 0 aliphatic heterocycles. The first-order chi connectivity index (χ1) is 19.4. The molecule has 41 heavy (non-hydrogen) atoms. The number of carbonyl (C=O) groups is 2. The highest BCUT2D eigenvalue weighted by Crippen LogP contribution is 2.40. The van der Waals surface area contributed by atoms with Crippen molar-refractivity contribution in [3.8, 4) is 10.4 Å². The lowest BCUT2D eigenvalue weighted by atomic mass is 9.80. The van der Waals surface area contributed by atoms with Crippen LogP contribution < -0.4 is 10.0 Å². The lowest BCUT2D eigenvalue weighted by Gasteiger charge is -2.32. The summed E-state index contributed by atoms with van der Waals surface area (Å²) in [5.41, 5.74) is 1.20. The first-order valence-corrected chi connectivity index (χ1v) is 15.7. The van der Waals surface area contributed by atoms with Gasteiger partial charge in [-0.25, -0.2) is 18.4 Å². The van der Waals surface area contributed by atoms with Gasteiger partial charge in [-0.05, 0) is 37.0 Å². The number of pyridine rings is 1. The van der Waals surface area contributed by atoms with Crippen molar-refractivity contribution in [1.29, 1.82) is 0 Å². The molecular weight excluding hydrogens is 581 g/mol. The number of rotatable bonds is 10. The van der Waals surface area contributed by atoms with E-state index in [1.54, 1.807) is 22.9 Å². The number of carboxylic acid groups (broad SMARTS) is 1. The van der Waals surface area contributed by atoms with E-state index in [-0.39, 0.29) is 16.4 Å². The van der Waals surface area contributed by atoms with Gasteiger partial charge in [0.15, 0.2) is 10.0 Å². The fourth-order valence-electron chi connectivity index (χ4n) is 5.14. The maximum atomic E-state index is 13.4. The molecule has 2 aromatic heterocycles. The largest absolute Gasteiger partial charge is 0.481 e. The summed E-state index contributed by atoms with van der Waals surface area (Å²) in [5, 5.41) is 12.2. The molecule has 2 heterocycles. The normalized spacial score (nSPS) is 20.3. The van der Waals surface area contributed by atoms with E-state index in [1.807, 2.05) is 0 Å². The van der Waals surface area contributed by atoms with Crippen molar-refractivity contribution in [2.45, 2.75) is 75.2 Å². The van der Waals surface area contributed by atoms with Crippen molar-refractivity contribution in [3.63, 3.8) is 0 Å². The summed E-state index contributed by atoms with van der Waals surface area (Å²) < 4.78 is 68.0. The monoisotopic (exact) mass is 610 g/mol. The number of carbonyl (C=O) groups excluding carboxylic acids is 1. The highest BCUT2D eigenvalue weighted by Gasteiger charge is 2.42. The van der Waals surface area contributed by atoms with Gasteiger partial charge in [-0.15, -0.1) is 11.3 Å². The Morgan fingerprint density at radius 1 is 1.17 bits per heavy atom. The van der Waals surface area contributed by atoms with Crippen LogP contribution in [0.1, 0.15) is 60.9 Å². The minimum Gasteiger partial charge on any atom is -0.481 e. The fourth-order valence-corrected chi connectivity index (χ4v) is 7.60. The molecule has 3 aromatic rings. The second kappa shape index (κ2) is 11.3. The van der Waals surface area contributed by atoms with Crippen LogP contribution in [0.15, 0.2) is 35.5 Å². The molecule has 5 rings (SSSR count). The SMILES string of the molecule is CCC(NS(=O)(=O)c1ncc(-c2sc(C(=O)NC3CC(C(=O)O)C3)nc2CC2CCC2)c2ccccc12)C(F)(F)F. The number of carboxylic acids is 1. The zero-order valence-corrected chi connectivity index (χ0v) is 23.7. The number of nitrogens with zero attached hydrogens (tertiary/aromatic N) is 2. The molecule has 1 amide bonds. The van der Waals surface area contributed by atoms with Crippen LogP contribution >= 0.6 is 11.3 Å². The Kier molecular flexibility index (Phi) is 8.09. The third-order valence-corrected chi connectivity index (χ3v) is 10.3. The number of amides is 1. The van der Waals surface area contributed by atoms with Gasteiger partial charge in [-0.3, -0.25) is 9.59 Å². The summed E-state index contributed by atoms with van der Waals surface area (Å²) in [6.45, 7) is 1.24. The number of hydrogen-bond donors (Lipinski definition) is 3. The van der Waals surface area contributed by atoms with Crippen LogP contribution in [0.3, 0.4) is 0 Å². The highest BCUT2D eigenvalue weighted by atomic mass is 32.2. The summed E-state index contributed by atoms with van der Waals surface area (Å²) in [5.74, 6) is -1.39. The third kappa shape index (κ3) is 6.09. The van der Waals surface area contributed by atoms with Gasteiger partial charge in [0.1, 0.15) is 6.04 Å². The summed E-state index contributed by atoms with van der Waals surface area (Å²) in [4.78, 5) is 33.6. The molecule has 0 bridgehead atoms. The summed E-state index contributed by atoms with van der Waals surface area (Å²) >= 11 is 1.13. The average Bonchev–Trinajstić information content (AvgIpc) is 3.28. The number of halogens is 3. The number of aromatic nitrogens is 2. The number of hydrogen-bond acceptors (Lipinski definition) is 7. The lowest BCUT2D eigenvalue weighted by Crippen LogP contribution is -2.46. The van der Waals surface area contributed by atoms with E-state index in [0.29, 0.717) is 46.7 Å². The number of fused-ring (bicyclic) bond motifs is 1. The molecule has 3 N–H and O–H groups in total. The number of alkyl halides is 3. The van der Waals surface area contributed by atoms with Gasteiger partial charge < -0.3 is 10.4 Å². The Bertz CT molecular complexity index is 1580. The average molecular weight is 611 g/mol. The predicted octanol–water partition coefficient (Wildman–Crippen LogP) is 4.91. The van der Waals surface area contributed by atoms with Gasteiger partial charge in [0, 0.05) is 23.2 Å². The molecule has 1 unspecified atom stereocenters. The standard InChI is InChI=1S/C27H29F3N4O5S2/c1-2-21(27(28,29)30)34-41(38,39)25-18-9-4-3-8-17(18)19(13-31-25)22-20(10-14-6-5-7-14)33-24(40-22)23(35)32-16-11-15(12-16)26(36)37/h3-4,8-9,13-16,21,34H,2,5-7,10-12H2,1H3,(H,32,35)(H,36,37). The first kappa shape index (κ1) is 29.4. The Morgan fingerprint density at radius 3 is 2.44 bits per heavy atom. The van der Waals surface area contributed by atoms with E-state index in [2.05, 4.69) is 15.3 Å². The second-order valence-electron chi connectivity index (χ2n) is 10.6. The van der Waals surface area contributed by atoms with E-state index in [1.165, 1.54) is 19.2 Å². The van der Waals surface area contributed by atoms with Crippen molar-refractivity contribution < 1.29 is 36.3 Å². The number of aliphatic carboxylic acids is 1. The molecule has 2 aliphatic carbocycles. The van der Waals surface area contributed by atoms with Gasteiger partial charge in [0.25, 0.3) is 15.9 Å². The van der Waals surface area contributed by atoms with E-state index in [0.717, 1.165) is 30.6 Å². The maximum Gasteiger partial charge on any atom is 0.404 e. The van der Waals surface area contributed by atoms with Crippen LogP contribution in [-0.2, 0) is 21.2 Å². The van der Waals surface area contributed by atoms with Crippen LogP contribution in [0.4, 0.5) is 13.2 Å². The number of thiazole rings is 1. The third-order valence-electron chi connectivity index (χ3n) is 7.78. The molecule has 0 saturated heterocycles. The van der Waals surface area contributed by atoms with Gasteiger partial charge in [0.2, 0.25) is 0 Å². The van der Waals surface area contributed by atoms with Gasteiger partial charge in [0.05, 0.1) is 16.5 Å². The second-order valence-corrected chi connectivity index (χ2v) is 13.2. The fraction of sp³-hybridized carbons (Fsp3) is 0.481. The molecule has 2 saturated carbocycles. The van der Waals surface area contributed by atoms with Crippen LogP contribution in [0.5, 0.6) is 0 Å². The van der Waals surface area contributed by atoms with Crippen LogP contribution in [0, 0.1) is 11.8 Å². The van der Waals surface area contributed by atoms with E-state index >= 15 is 0 Å². The smallest absolute Gasteiger partial charge is 0.404 e. The van der Waals surface area contributed by atoms with Crippen LogP contribution in [0.25, 0.3) is 21.2 Å². The summed E-state index contributed by atoms with van der Waals surface area (Å²) in [6, 6.07) is 3.91. The Morgan fingerprint density at radius 2 is 1.85 bits per heavy atom. The summed E-state index contributed by atoms with van der Waals surface area (Å²) in [6.07, 6.45) is 0.532. The topological polar surface area (TPSA) is 138 Å². The number of sulfonamides is 1. The van der Waals surface area contributed by atoms with Crippen LogP contribution in [0.2, 0.25) is 0 Å². The maximum absolute atomic E-state index is 13.4. The van der Waals surface area contributed by atoms with Gasteiger partial charge >= 0.3 is 12.1 Å². The lowest BCUT2D eigenvalue weighted by molar-refractivity contribution is -0.151. The van der Waals surface area contributed by atoms with Crippen molar-refractivity contribution in [1.82, 2.24) is 20.0 Å². The number of benzene rings is 1. The summed E-state index contributed by atoms with van der Waals surface area (Å²) in [7, 11) is -4.63. The molecule has 220 valence electrons. The minimum atomic E-state index is -4.76. The molecule has 9 nitrogen and oxygen atoms in total. The molecule has 2 aliphatic rings. The quantitative estimate of drug-likeness (QED) is 0.296.